The van der Waals surface area contributed by atoms with Crippen molar-refractivity contribution in [3.05, 3.63) is 11.3 Å². The molecular formula is C9H17NO2. The Balaban J connectivity index is 4.27. The van der Waals surface area contributed by atoms with Gasteiger partial charge >= 0.3 is 5.97 Å². The van der Waals surface area contributed by atoms with Crippen LogP contribution in [0.25, 0.3) is 0 Å². The van der Waals surface area contributed by atoms with Gasteiger partial charge in [0.25, 0.3) is 0 Å². The Labute approximate surface area is 73.5 Å². The summed E-state index contributed by atoms with van der Waals surface area (Å²) >= 11 is 0. The van der Waals surface area contributed by atoms with E-state index in [4.69, 9.17) is 5.11 Å². The van der Waals surface area contributed by atoms with E-state index in [0.717, 1.165) is 18.7 Å². The first kappa shape index (κ1) is 11.0. The molecule has 3 nitrogen and oxygen atoms in total. The van der Waals surface area contributed by atoms with Gasteiger partial charge in [-0.25, -0.2) is 4.79 Å². The zero-order valence-corrected chi connectivity index (χ0v) is 7.98. The van der Waals surface area contributed by atoms with Gasteiger partial charge in [-0.2, -0.15) is 0 Å². The topological polar surface area (TPSA) is 49.3 Å². The predicted octanol–water partition coefficient (Wildman–Crippen LogP) is 1.75. The van der Waals surface area contributed by atoms with E-state index in [0.29, 0.717) is 12.0 Å². The fraction of sp³-hybridized carbons (Fsp3) is 0.667. The molecule has 0 saturated carbocycles. The van der Waals surface area contributed by atoms with Gasteiger partial charge in [0.05, 0.1) is 5.57 Å². The molecule has 0 aliphatic carbocycles. The minimum atomic E-state index is -0.821. The van der Waals surface area contributed by atoms with E-state index in [9.17, 15) is 4.79 Å². The van der Waals surface area contributed by atoms with Crippen molar-refractivity contribution < 1.29 is 9.90 Å². The average molecular weight is 171 g/mol. The number of allylic oxidation sites excluding steroid dienone is 1. The molecule has 0 bridgehead atoms. The van der Waals surface area contributed by atoms with Gasteiger partial charge in [-0.3, -0.25) is 0 Å². The lowest BCUT2D eigenvalue weighted by Gasteiger charge is -2.08. The molecular weight excluding hydrogens is 154 g/mol. The van der Waals surface area contributed by atoms with Crippen LogP contribution in [-0.4, -0.2) is 17.6 Å². The van der Waals surface area contributed by atoms with E-state index >= 15 is 0 Å². The smallest absolute Gasteiger partial charge is 0.333 e. The number of nitrogens with one attached hydrogen (secondary N) is 1. The molecule has 0 aliphatic rings. The molecule has 0 saturated heterocycles. The quantitative estimate of drug-likeness (QED) is 0.619. The van der Waals surface area contributed by atoms with Crippen LogP contribution in [0.1, 0.15) is 33.6 Å². The fourth-order valence-corrected chi connectivity index (χ4v) is 0.996. The van der Waals surface area contributed by atoms with E-state index < -0.39 is 5.97 Å². The van der Waals surface area contributed by atoms with E-state index in [1.54, 1.807) is 0 Å². The first-order valence-corrected chi connectivity index (χ1v) is 4.30. The molecule has 0 heterocycles. The summed E-state index contributed by atoms with van der Waals surface area (Å²) in [5.41, 5.74) is 1.26. The van der Waals surface area contributed by atoms with Crippen molar-refractivity contribution in [1.82, 2.24) is 5.32 Å². The molecule has 3 heteroatoms. The molecule has 0 fully saturated rings. The Morgan fingerprint density at radius 3 is 2.33 bits per heavy atom. The fourth-order valence-electron chi connectivity index (χ4n) is 0.996. The molecule has 2 N–H and O–H groups in total. The lowest BCUT2D eigenvalue weighted by atomic mass is 10.1. The number of hydrogen-bond donors (Lipinski definition) is 2. The van der Waals surface area contributed by atoms with Crippen molar-refractivity contribution in [2.75, 3.05) is 6.54 Å². The van der Waals surface area contributed by atoms with E-state index in [1.165, 1.54) is 0 Å². The highest BCUT2D eigenvalue weighted by molar-refractivity contribution is 5.87. The summed E-state index contributed by atoms with van der Waals surface area (Å²) in [6.07, 6.45) is 1.58. The number of carbonyl (C=O) groups is 1. The van der Waals surface area contributed by atoms with Gasteiger partial charge in [-0.05, 0) is 19.8 Å². The van der Waals surface area contributed by atoms with E-state index in [-0.39, 0.29) is 0 Å². The number of aliphatic carboxylic acids is 1. The summed E-state index contributed by atoms with van der Waals surface area (Å²) in [5.74, 6) is -0.821. The van der Waals surface area contributed by atoms with Crippen LogP contribution in [0.4, 0.5) is 0 Å². The standard InChI is InChI=1S/C9H17NO2/c1-4-6-10-7(3)8(5-2)9(11)12/h10H,4-6H2,1-3H3,(H,11,12)/b8-7-. The zero-order chi connectivity index (χ0) is 9.56. The van der Waals surface area contributed by atoms with Crippen molar-refractivity contribution in [3.8, 4) is 0 Å². The molecule has 0 amide bonds. The molecule has 0 rings (SSSR count). The maximum Gasteiger partial charge on any atom is 0.333 e. The summed E-state index contributed by atoms with van der Waals surface area (Å²) in [6, 6.07) is 0. The summed E-state index contributed by atoms with van der Waals surface area (Å²) in [5, 5.41) is 11.8. The first-order valence-electron chi connectivity index (χ1n) is 4.30. The predicted molar refractivity (Wildman–Crippen MR) is 48.9 cm³/mol. The summed E-state index contributed by atoms with van der Waals surface area (Å²) in [4.78, 5) is 10.6. The Morgan fingerprint density at radius 1 is 1.42 bits per heavy atom. The normalized spacial score (nSPS) is 12.2. The van der Waals surface area contributed by atoms with Crippen LogP contribution in [0, 0.1) is 0 Å². The van der Waals surface area contributed by atoms with Crippen LogP contribution in [0.2, 0.25) is 0 Å². The third kappa shape index (κ3) is 3.42. The van der Waals surface area contributed by atoms with Crippen LogP contribution >= 0.6 is 0 Å². The molecule has 0 aromatic carbocycles. The van der Waals surface area contributed by atoms with Gasteiger partial charge in [0.15, 0.2) is 0 Å². The van der Waals surface area contributed by atoms with Crippen molar-refractivity contribution >= 4 is 5.97 Å². The highest BCUT2D eigenvalue weighted by Gasteiger charge is 2.07. The second-order valence-electron chi connectivity index (χ2n) is 2.69. The number of carboxylic acid groups (broad SMARTS) is 1. The third-order valence-electron chi connectivity index (χ3n) is 1.70. The van der Waals surface area contributed by atoms with E-state index in [1.807, 2.05) is 20.8 Å². The molecule has 0 atom stereocenters. The molecule has 0 spiro atoms. The van der Waals surface area contributed by atoms with Gasteiger partial charge in [0.2, 0.25) is 0 Å². The number of hydrogen-bond acceptors (Lipinski definition) is 2. The van der Waals surface area contributed by atoms with Crippen molar-refractivity contribution in [1.29, 1.82) is 0 Å². The SMILES string of the molecule is CCCN/C(C)=C(/CC)C(=O)O. The maximum atomic E-state index is 10.6. The van der Waals surface area contributed by atoms with Crippen molar-refractivity contribution in [3.63, 3.8) is 0 Å². The van der Waals surface area contributed by atoms with Crippen LogP contribution < -0.4 is 5.32 Å². The molecule has 12 heavy (non-hydrogen) atoms. The van der Waals surface area contributed by atoms with Gasteiger partial charge in [0.1, 0.15) is 0 Å². The third-order valence-corrected chi connectivity index (χ3v) is 1.70. The first-order chi connectivity index (χ1) is 5.63. The molecule has 0 aliphatic heterocycles. The Kier molecular flexibility index (Phi) is 5.17. The Morgan fingerprint density at radius 2 is 2.00 bits per heavy atom. The van der Waals surface area contributed by atoms with Crippen LogP contribution in [0.15, 0.2) is 11.3 Å². The molecule has 70 valence electrons. The van der Waals surface area contributed by atoms with Gasteiger partial charge in [0, 0.05) is 12.2 Å². The number of rotatable bonds is 5. The Hall–Kier alpha value is -0.990. The van der Waals surface area contributed by atoms with E-state index in [2.05, 4.69) is 5.32 Å². The molecule has 0 radical (unpaired) electrons. The minimum absolute atomic E-state index is 0.475. The van der Waals surface area contributed by atoms with Gasteiger partial charge in [-0.1, -0.05) is 13.8 Å². The second kappa shape index (κ2) is 5.63. The van der Waals surface area contributed by atoms with Crippen molar-refractivity contribution in [2.45, 2.75) is 33.6 Å². The van der Waals surface area contributed by atoms with Crippen molar-refractivity contribution in [2.24, 2.45) is 0 Å². The lowest BCUT2D eigenvalue weighted by Crippen LogP contribution is -2.16. The summed E-state index contributed by atoms with van der Waals surface area (Å²) < 4.78 is 0. The van der Waals surface area contributed by atoms with Crippen LogP contribution in [-0.2, 0) is 4.79 Å². The molecule has 0 aromatic rings. The number of carboxylic acids is 1. The van der Waals surface area contributed by atoms with Gasteiger partial charge < -0.3 is 10.4 Å². The van der Waals surface area contributed by atoms with Crippen LogP contribution in [0.5, 0.6) is 0 Å². The molecule has 0 unspecified atom stereocenters. The Bertz CT molecular complexity index is 185. The molecule has 0 aromatic heterocycles. The highest BCUT2D eigenvalue weighted by Crippen LogP contribution is 2.05. The van der Waals surface area contributed by atoms with Crippen LogP contribution in [0.3, 0.4) is 0 Å². The largest absolute Gasteiger partial charge is 0.478 e. The summed E-state index contributed by atoms with van der Waals surface area (Å²) in [7, 11) is 0. The second-order valence-corrected chi connectivity index (χ2v) is 2.69. The monoisotopic (exact) mass is 171 g/mol. The average Bonchev–Trinajstić information content (AvgIpc) is 2.01. The maximum absolute atomic E-state index is 10.6. The highest BCUT2D eigenvalue weighted by atomic mass is 16.4. The summed E-state index contributed by atoms with van der Waals surface area (Å²) in [6.45, 7) is 6.54. The zero-order valence-electron chi connectivity index (χ0n) is 7.98. The lowest BCUT2D eigenvalue weighted by molar-refractivity contribution is -0.132. The van der Waals surface area contributed by atoms with Gasteiger partial charge in [-0.15, -0.1) is 0 Å². The minimum Gasteiger partial charge on any atom is -0.478 e.